The predicted molar refractivity (Wildman–Crippen MR) is 67.2 cm³/mol. The molecule has 0 aliphatic carbocycles. The third kappa shape index (κ3) is 5.46. The lowest BCUT2D eigenvalue weighted by Crippen LogP contribution is -2.24. The van der Waals surface area contributed by atoms with E-state index in [4.69, 9.17) is 11.6 Å². The number of halogens is 3. The maximum atomic E-state index is 13.3. The number of rotatable bonds is 6. The van der Waals surface area contributed by atoms with Crippen LogP contribution in [-0.2, 0) is 6.54 Å². The minimum absolute atomic E-state index is 0.0403. The number of benzene rings is 1. The molecule has 0 heterocycles. The van der Waals surface area contributed by atoms with Gasteiger partial charge in [-0.15, -0.1) is 11.6 Å². The van der Waals surface area contributed by atoms with E-state index >= 15 is 0 Å². The topological polar surface area (TPSA) is 12.0 Å². The Kier molecular flexibility index (Phi) is 5.86. The molecule has 1 unspecified atom stereocenters. The molecule has 1 nitrogen and oxygen atoms in total. The molecule has 1 atom stereocenters. The lowest BCUT2D eigenvalue weighted by Gasteiger charge is -2.13. The van der Waals surface area contributed by atoms with Crippen molar-refractivity contribution < 1.29 is 8.78 Å². The molecule has 0 aliphatic rings. The zero-order valence-electron chi connectivity index (χ0n) is 10.1. The largest absolute Gasteiger partial charge is 0.311 e. The summed E-state index contributed by atoms with van der Waals surface area (Å²) in [4.78, 5) is 0. The first-order valence-corrected chi connectivity index (χ1v) is 6.21. The van der Waals surface area contributed by atoms with Crippen LogP contribution in [0.15, 0.2) is 18.2 Å². The zero-order valence-corrected chi connectivity index (χ0v) is 10.9. The quantitative estimate of drug-likeness (QED) is 0.770. The maximum absolute atomic E-state index is 13.3. The summed E-state index contributed by atoms with van der Waals surface area (Å²) in [6.45, 7) is 5.20. The Morgan fingerprint density at radius 3 is 2.59 bits per heavy atom. The van der Waals surface area contributed by atoms with Gasteiger partial charge in [0.15, 0.2) is 0 Å². The first-order valence-electron chi connectivity index (χ1n) is 5.77. The van der Waals surface area contributed by atoms with Crippen LogP contribution in [0.1, 0.15) is 25.8 Å². The normalized spacial score (nSPS) is 13.1. The standard InChI is InChI=1S/C13H18ClF2N/c1-9(2)5-11(14)8-17-7-10-3-4-12(15)6-13(10)16/h3-4,6,9,11,17H,5,7-8H2,1-2H3. The molecule has 1 aromatic carbocycles. The molecule has 0 saturated heterocycles. The highest BCUT2D eigenvalue weighted by Crippen LogP contribution is 2.11. The van der Waals surface area contributed by atoms with Crippen LogP contribution in [-0.4, -0.2) is 11.9 Å². The average Bonchev–Trinajstić information content (AvgIpc) is 2.20. The second kappa shape index (κ2) is 6.92. The maximum Gasteiger partial charge on any atom is 0.130 e. The summed E-state index contributed by atoms with van der Waals surface area (Å²) in [6.07, 6.45) is 0.917. The van der Waals surface area contributed by atoms with E-state index in [-0.39, 0.29) is 5.38 Å². The van der Waals surface area contributed by atoms with Crippen LogP contribution in [0, 0.1) is 17.6 Å². The highest BCUT2D eigenvalue weighted by atomic mass is 35.5. The van der Waals surface area contributed by atoms with Crippen molar-refractivity contribution >= 4 is 11.6 Å². The fraction of sp³-hybridized carbons (Fsp3) is 0.538. The van der Waals surface area contributed by atoms with Gasteiger partial charge < -0.3 is 5.32 Å². The summed E-state index contributed by atoms with van der Waals surface area (Å²) in [6, 6.07) is 3.60. The van der Waals surface area contributed by atoms with Crippen molar-refractivity contribution in [3.63, 3.8) is 0 Å². The van der Waals surface area contributed by atoms with Gasteiger partial charge in [-0.2, -0.15) is 0 Å². The molecular formula is C13H18ClF2N. The molecule has 0 radical (unpaired) electrons. The van der Waals surface area contributed by atoms with Crippen molar-refractivity contribution in [2.24, 2.45) is 5.92 Å². The van der Waals surface area contributed by atoms with Crippen molar-refractivity contribution in [3.8, 4) is 0 Å². The van der Waals surface area contributed by atoms with Crippen molar-refractivity contribution in [3.05, 3.63) is 35.4 Å². The van der Waals surface area contributed by atoms with E-state index in [2.05, 4.69) is 19.2 Å². The molecule has 0 saturated carbocycles. The summed E-state index contributed by atoms with van der Waals surface area (Å²) < 4.78 is 25.9. The van der Waals surface area contributed by atoms with Gasteiger partial charge in [0.1, 0.15) is 11.6 Å². The van der Waals surface area contributed by atoms with Gasteiger partial charge in [-0.3, -0.25) is 0 Å². The number of nitrogens with one attached hydrogen (secondary N) is 1. The second-order valence-corrected chi connectivity index (χ2v) is 5.21. The Bertz CT molecular complexity index is 355. The summed E-state index contributed by atoms with van der Waals surface area (Å²) in [5, 5.41) is 3.11. The van der Waals surface area contributed by atoms with Gasteiger partial charge in [-0.1, -0.05) is 19.9 Å². The van der Waals surface area contributed by atoms with Crippen LogP contribution in [0.2, 0.25) is 0 Å². The van der Waals surface area contributed by atoms with Crippen molar-refractivity contribution in [1.82, 2.24) is 5.32 Å². The Morgan fingerprint density at radius 2 is 2.00 bits per heavy atom. The molecule has 0 bridgehead atoms. The summed E-state index contributed by atoms with van der Waals surface area (Å²) in [5.74, 6) is -0.532. The molecule has 0 aliphatic heterocycles. The van der Waals surface area contributed by atoms with E-state index in [1.807, 2.05) is 0 Å². The zero-order chi connectivity index (χ0) is 12.8. The van der Waals surface area contributed by atoms with Crippen molar-refractivity contribution in [2.75, 3.05) is 6.54 Å². The molecule has 1 rings (SSSR count). The fourth-order valence-corrected chi connectivity index (χ4v) is 2.09. The van der Waals surface area contributed by atoms with E-state index in [0.717, 1.165) is 12.5 Å². The first kappa shape index (κ1) is 14.4. The minimum atomic E-state index is -0.554. The molecule has 0 amide bonds. The highest BCUT2D eigenvalue weighted by molar-refractivity contribution is 6.20. The summed E-state index contributed by atoms with van der Waals surface area (Å²) >= 11 is 6.09. The van der Waals surface area contributed by atoms with E-state index in [0.29, 0.717) is 24.6 Å². The van der Waals surface area contributed by atoms with Gasteiger partial charge in [0.05, 0.1) is 0 Å². The van der Waals surface area contributed by atoms with E-state index in [9.17, 15) is 8.78 Å². The molecular weight excluding hydrogens is 244 g/mol. The van der Waals surface area contributed by atoms with Gasteiger partial charge in [-0.05, 0) is 18.4 Å². The molecule has 1 aromatic rings. The fourth-order valence-electron chi connectivity index (χ4n) is 1.62. The van der Waals surface area contributed by atoms with Crippen molar-refractivity contribution in [2.45, 2.75) is 32.2 Å². The van der Waals surface area contributed by atoms with Crippen LogP contribution in [0.3, 0.4) is 0 Å². The first-order chi connectivity index (χ1) is 7.99. The van der Waals surface area contributed by atoms with Gasteiger partial charge in [0.2, 0.25) is 0 Å². The lowest BCUT2D eigenvalue weighted by molar-refractivity contribution is 0.523. The predicted octanol–water partition coefficient (Wildman–Crippen LogP) is 3.71. The molecule has 0 aromatic heterocycles. The summed E-state index contributed by atoms with van der Waals surface area (Å²) in [7, 11) is 0. The van der Waals surface area contributed by atoms with Crippen LogP contribution in [0.5, 0.6) is 0 Å². The third-order valence-corrected chi connectivity index (χ3v) is 2.76. The van der Waals surface area contributed by atoms with Crippen LogP contribution < -0.4 is 5.32 Å². The van der Waals surface area contributed by atoms with E-state index in [1.165, 1.54) is 12.1 Å². The SMILES string of the molecule is CC(C)CC(Cl)CNCc1ccc(F)cc1F. The molecule has 1 N–H and O–H groups in total. The Hall–Kier alpha value is -0.670. The van der Waals surface area contributed by atoms with Crippen LogP contribution in [0.4, 0.5) is 8.78 Å². The number of hydrogen-bond acceptors (Lipinski definition) is 1. The number of alkyl halides is 1. The minimum Gasteiger partial charge on any atom is -0.311 e. The molecule has 17 heavy (non-hydrogen) atoms. The van der Waals surface area contributed by atoms with Crippen molar-refractivity contribution in [1.29, 1.82) is 0 Å². The average molecular weight is 262 g/mol. The van der Waals surface area contributed by atoms with Crippen LogP contribution >= 0.6 is 11.6 Å². The van der Waals surface area contributed by atoms with Gasteiger partial charge in [0, 0.05) is 30.1 Å². The van der Waals surface area contributed by atoms with Crippen LogP contribution in [0.25, 0.3) is 0 Å². The third-order valence-electron chi connectivity index (χ3n) is 2.42. The van der Waals surface area contributed by atoms with Gasteiger partial charge >= 0.3 is 0 Å². The van der Waals surface area contributed by atoms with Gasteiger partial charge in [-0.25, -0.2) is 8.78 Å². The monoisotopic (exact) mass is 261 g/mol. The van der Waals surface area contributed by atoms with E-state index in [1.54, 1.807) is 0 Å². The Balaban J connectivity index is 2.35. The van der Waals surface area contributed by atoms with Gasteiger partial charge in [0.25, 0.3) is 0 Å². The van der Waals surface area contributed by atoms with E-state index < -0.39 is 11.6 Å². The molecule has 0 spiro atoms. The Morgan fingerprint density at radius 1 is 1.29 bits per heavy atom. The second-order valence-electron chi connectivity index (χ2n) is 4.59. The molecule has 0 fully saturated rings. The highest BCUT2D eigenvalue weighted by Gasteiger charge is 2.08. The summed E-state index contributed by atoms with van der Waals surface area (Å²) in [5.41, 5.74) is 0.458. The molecule has 4 heteroatoms. The lowest BCUT2D eigenvalue weighted by atomic mass is 10.1. The number of hydrogen-bond donors (Lipinski definition) is 1. The smallest absolute Gasteiger partial charge is 0.130 e. The molecule has 96 valence electrons. The Labute approximate surface area is 106 Å².